The molecule has 0 bridgehead atoms. The van der Waals surface area contributed by atoms with Crippen LogP contribution in [0.25, 0.3) is 0 Å². The Balaban J connectivity index is 1.83. The summed E-state index contributed by atoms with van der Waals surface area (Å²) in [5.41, 5.74) is 2.45. The number of amides is 1. The zero-order chi connectivity index (χ0) is 14.4. The van der Waals surface area contributed by atoms with Crippen LogP contribution in [0.2, 0.25) is 0 Å². The number of hydrogen-bond acceptors (Lipinski definition) is 3. The van der Waals surface area contributed by atoms with E-state index >= 15 is 0 Å². The minimum absolute atomic E-state index is 0.122. The number of benzene rings is 1. The van der Waals surface area contributed by atoms with Gasteiger partial charge in [0.05, 0.1) is 13.2 Å². The summed E-state index contributed by atoms with van der Waals surface area (Å²) in [6.07, 6.45) is 1.34. The van der Waals surface area contributed by atoms with Crippen molar-refractivity contribution in [2.24, 2.45) is 0 Å². The van der Waals surface area contributed by atoms with Crippen molar-refractivity contribution in [3.05, 3.63) is 29.8 Å². The second-order valence-corrected chi connectivity index (χ2v) is 5.49. The van der Waals surface area contributed by atoms with Crippen LogP contribution in [-0.2, 0) is 16.0 Å². The van der Waals surface area contributed by atoms with Crippen molar-refractivity contribution in [2.45, 2.75) is 32.7 Å². The molecule has 0 saturated carbocycles. The number of aryl methyl sites for hydroxylation is 1. The fourth-order valence-corrected chi connectivity index (χ4v) is 2.35. The molecule has 0 unspecified atom stereocenters. The van der Waals surface area contributed by atoms with Crippen molar-refractivity contribution in [2.75, 3.05) is 31.2 Å². The van der Waals surface area contributed by atoms with Crippen molar-refractivity contribution in [3.8, 4) is 0 Å². The summed E-state index contributed by atoms with van der Waals surface area (Å²) in [7, 11) is 0. The molecule has 0 spiro atoms. The van der Waals surface area contributed by atoms with Gasteiger partial charge in [0.1, 0.15) is 0 Å². The first kappa shape index (κ1) is 14.9. The Kier molecular flexibility index (Phi) is 5.41. The molecule has 1 aliphatic rings. The highest BCUT2D eigenvalue weighted by molar-refractivity contribution is 5.76. The van der Waals surface area contributed by atoms with Crippen LogP contribution in [0.15, 0.2) is 24.3 Å². The number of carbonyl (C=O) groups is 1. The van der Waals surface area contributed by atoms with Crippen LogP contribution < -0.4 is 10.2 Å². The lowest BCUT2D eigenvalue weighted by Gasteiger charge is -2.28. The predicted molar refractivity (Wildman–Crippen MR) is 81.1 cm³/mol. The lowest BCUT2D eigenvalue weighted by Crippen LogP contribution is -2.36. The molecule has 1 aliphatic heterocycles. The van der Waals surface area contributed by atoms with E-state index in [0.717, 1.165) is 32.7 Å². The van der Waals surface area contributed by atoms with Crippen LogP contribution in [-0.4, -0.2) is 38.3 Å². The number of morpholine rings is 1. The van der Waals surface area contributed by atoms with Gasteiger partial charge in [-0.2, -0.15) is 0 Å². The van der Waals surface area contributed by atoms with Crippen LogP contribution in [0.1, 0.15) is 25.8 Å². The van der Waals surface area contributed by atoms with Crippen molar-refractivity contribution in [3.63, 3.8) is 0 Å². The SMILES string of the molecule is CC(C)NC(=O)CCc1ccc(N2CCOCC2)cc1. The highest BCUT2D eigenvalue weighted by atomic mass is 16.5. The van der Waals surface area contributed by atoms with Crippen LogP contribution in [0.3, 0.4) is 0 Å². The summed E-state index contributed by atoms with van der Waals surface area (Å²) >= 11 is 0. The average molecular weight is 276 g/mol. The Morgan fingerprint density at radius 2 is 1.90 bits per heavy atom. The van der Waals surface area contributed by atoms with Crippen molar-refractivity contribution < 1.29 is 9.53 Å². The molecule has 2 rings (SSSR count). The van der Waals surface area contributed by atoms with Gasteiger partial charge >= 0.3 is 0 Å². The molecule has 0 aromatic heterocycles. The molecule has 1 aromatic rings. The second kappa shape index (κ2) is 7.29. The number of nitrogens with zero attached hydrogens (tertiary/aromatic N) is 1. The topological polar surface area (TPSA) is 41.6 Å². The summed E-state index contributed by atoms with van der Waals surface area (Å²) in [5, 5.41) is 2.92. The normalized spacial score (nSPS) is 15.4. The number of rotatable bonds is 5. The van der Waals surface area contributed by atoms with E-state index in [1.54, 1.807) is 0 Å². The first-order valence-corrected chi connectivity index (χ1v) is 7.36. The number of hydrogen-bond donors (Lipinski definition) is 1. The van der Waals surface area contributed by atoms with E-state index in [1.165, 1.54) is 11.3 Å². The molecular formula is C16H24N2O2. The molecule has 4 heteroatoms. The van der Waals surface area contributed by atoms with Crippen LogP contribution in [0.5, 0.6) is 0 Å². The quantitative estimate of drug-likeness (QED) is 0.894. The molecule has 1 N–H and O–H groups in total. The molecule has 1 saturated heterocycles. The van der Waals surface area contributed by atoms with Gasteiger partial charge in [-0.3, -0.25) is 4.79 Å². The summed E-state index contributed by atoms with van der Waals surface area (Å²) in [5.74, 6) is 0.122. The second-order valence-electron chi connectivity index (χ2n) is 5.49. The monoisotopic (exact) mass is 276 g/mol. The summed E-state index contributed by atoms with van der Waals surface area (Å²) in [6, 6.07) is 8.73. The fraction of sp³-hybridized carbons (Fsp3) is 0.562. The number of carbonyl (C=O) groups excluding carboxylic acids is 1. The Hall–Kier alpha value is -1.55. The Morgan fingerprint density at radius 1 is 1.25 bits per heavy atom. The Morgan fingerprint density at radius 3 is 2.50 bits per heavy atom. The molecular weight excluding hydrogens is 252 g/mol. The average Bonchev–Trinajstić information content (AvgIpc) is 2.46. The van der Waals surface area contributed by atoms with E-state index in [1.807, 2.05) is 13.8 Å². The zero-order valence-electron chi connectivity index (χ0n) is 12.4. The van der Waals surface area contributed by atoms with Crippen LogP contribution in [0.4, 0.5) is 5.69 Å². The molecule has 1 fully saturated rings. The zero-order valence-corrected chi connectivity index (χ0v) is 12.4. The van der Waals surface area contributed by atoms with Gasteiger partial charge in [0.15, 0.2) is 0 Å². The van der Waals surface area contributed by atoms with Gasteiger partial charge in [0.25, 0.3) is 0 Å². The molecule has 20 heavy (non-hydrogen) atoms. The maximum absolute atomic E-state index is 11.6. The van der Waals surface area contributed by atoms with E-state index in [2.05, 4.69) is 34.5 Å². The molecule has 0 radical (unpaired) electrons. The van der Waals surface area contributed by atoms with E-state index in [4.69, 9.17) is 4.74 Å². The van der Waals surface area contributed by atoms with E-state index in [-0.39, 0.29) is 11.9 Å². The summed E-state index contributed by atoms with van der Waals surface area (Å²) in [6.45, 7) is 7.48. The minimum Gasteiger partial charge on any atom is -0.378 e. The predicted octanol–water partition coefficient (Wildman–Crippen LogP) is 1.98. The lowest BCUT2D eigenvalue weighted by molar-refractivity contribution is -0.121. The molecule has 1 aromatic carbocycles. The van der Waals surface area contributed by atoms with Crippen molar-refractivity contribution >= 4 is 11.6 Å². The third kappa shape index (κ3) is 4.53. The first-order chi connectivity index (χ1) is 9.65. The van der Waals surface area contributed by atoms with Gasteiger partial charge in [-0.25, -0.2) is 0 Å². The fourth-order valence-electron chi connectivity index (χ4n) is 2.35. The largest absolute Gasteiger partial charge is 0.378 e. The Labute approximate surface area is 121 Å². The molecule has 0 atom stereocenters. The number of ether oxygens (including phenoxy) is 1. The molecule has 4 nitrogen and oxygen atoms in total. The van der Waals surface area contributed by atoms with Gasteiger partial charge in [-0.15, -0.1) is 0 Å². The summed E-state index contributed by atoms with van der Waals surface area (Å²) < 4.78 is 5.36. The van der Waals surface area contributed by atoms with Gasteiger partial charge < -0.3 is 15.0 Å². The number of anilines is 1. The smallest absolute Gasteiger partial charge is 0.220 e. The van der Waals surface area contributed by atoms with Crippen molar-refractivity contribution in [1.82, 2.24) is 5.32 Å². The lowest BCUT2D eigenvalue weighted by atomic mass is 10.1. The maximum atomic E-state index is 11.6. The maximum Gasteiger partial charge on any atom is 0.220 e. The third-order valence-electron chi connectivity index (χ3n) is 3.40. The molecule has 1 heterocycles. The van der Waals surface area contributed by atoms with Gasteiger partial charge in [-0.05, 0) is 38.0 Å². The molecule has 0 aliphatic carbocycles. The van der Waals surface area contributed by atoms with Crippen LogP contribution in [0, 0.1) is 0 Å². The molecule has 1 amide bonds. The van der Waals surface area contributed by atoms with Crippen molar-refractivity contribution in [1.29, 1.82) is 0 Å². The van der Waals surface area contributed by atoms with E-state index < -0.39 is 0 Å². The standard InChI is InChI=1S/C16H24N2O2/c1-13(2)17-16(19)8-5-14-3-6-15(7-4-14)18-9-11-20-12-10-18/h3-4,6-7,13H,5,8-12H2,1-2H3,(H,17,19). The first-order valence-electron chi connectivity index (χ1n) is 7.36. The van der Waals surface area contributed by atoms with Gasteiger partial charge in [0.2, 0.25) is 5.91 Å². The summed E-state index contributed by atoms with van der Waals surface area (Å²) in [4.78, 5) is 13.9. The minimum atomic E-state index is 0.122. The number of nitrogens with one attached hydrogen (secondary N) is 1. The van der Waals surface area contributed by atoms with E-state index in [0.29, 0.717) is 6.42 Å². The van der Waals surface area contributed by atoms with Gasteiger partial charge in [0, 0.05) is 31.2 Å². The Bertz CT molecular complexity index is 423. The van der Waals surface area contributed by atoms with Crippen LogP contribution >= 0.6 is 0 Å². The highest BCUT2D eigenvalue weighted by Crippen LogP contribution is 2.17. The van der Waals surface area contributed by atoms with E-state index in [9.17, 15) is 4.79 Å². The van der Waals surface area contributed by atoms with Gasteiger partial charge in [-0.1, -0.05) is 12.1 Å². The molecule has 110 valence electrons. The third-order valence-corrected chi connectivity index (χ3v) is 3.40. The highest BCUT2D eigenvalue weighted by Gasteiger charge is 2.11.